The molecule has 0 fully saturated rings. The zero-order valence-electron chi connectivity index (χ0n) is 49.1. The normalized spacial score (nSPS) is 15.0. The van der Waals surface area contributed by atoms with E-state index in [1.54, 1.807) is 36.4 Å². The van der Waals surface area contributed by atoms with Crippen LogP contribution in [0.2, 0.25) is 0 Å². The van der Waals surface area contributed by atoms with Crippen LogP contribution in [0.4, 0.5) is 35.1 Å². The summed E-state index contributed by atoms with van der Waals surface area (Å²) in [7, 11) is 0. The van der Waals surface area contributed by atoms with Crippen molar-refractivity contribution in [2.75, 3.05) is 26.4 Å². The third kappa shape index (κ3) is 18.4. The van der Waals surface area contributed by atoms with Crippen molar-refractivity contribution in [1.29, 1.82) is 0 Å². The quantitative estimate of drug-likeness (QED) is 0.0221. The van der Waals surface area contributed by atoms with Crippen molar-refractivity contribution < 1.29 is 51.9 Å². The second kappa shape index (κ2) is 34.8. The van der Waals surface area contributed by atoms with Gasteiger partial charge in [0, 0.05) is 74.8 Å². The molecule has 16 heteroatoms. The Morgan fingerprint density at radius 3 is 1.30 bits per heavy atom. The summed E-state index contributed by atoms with van der Waals surface area (Å²) in [6, 6.07) is 14.3. The molecular weight excluding hydrogens is 1140 g/mol. The molecule has 0 aromatic heterocycles. The van der Waals surface area contributed by atoms with Crippen LogP contribution in [0.3, 0.4) is 0 Å². The highest BCUT2D eigenvalue weighted by Gasteiger charge is 2.35. The molecule has 82 heavy (non-hydrogen) atoms. The fraction of sp³-hybridized carbons (Fsp3) is 0.545. The maximum atomic E-state index is 16.5. The number of hydrogen-bond acceptors (Lipinski definition) is 8. The van der Waals surface area contributed by atoms with Crippen LogP contribution in [-0.2, 0) is 36.0 Å². The van der Waals surface area contributed by atoms with E-state index in [9.17, 15) is 0 Å². The Morgan fingerprint density at radius 1 is 0.451 bits per heavy atom. The molecule has 0 N–H and O–H groups in total. The largest absolute Gasteiger partial charge is 0.314 e. The van der Waals surface area contributed by atoms with Crippen LogP contribution < -0.4 is 0 Å². The Kier molecular flexibility index (Phi) is 28.8. The van der Waals surface area contributed by atoms with E-state index < -0.39 is 81.6 Å². The van der Waals surface area contributed by atoms with E-state index >= 15 is 35.1 Å². The lowest BCUT2D eigenvalue weighted by molar-refractivity contribution is 0.265. The molecule has 1 aliphatic carbocycles. The van der Waals surface area contributed by atoms with Crippen LogP contribution in [0.5, 0.6) is 0 Å². The molecule has 0 bridgehead atoms. The van der Waals surface area contributed by atoms with Crippen molar-refractivity contribution in [1.82, 2.24) is 0 Å². The third-order valence-electron chi connectivity index (χ3n) is 16.0. The standard InChI is InChI=1S/C66H84F8O4S4/c1-9-17-21-41(13-5)37-75-79-49-25-27-53-45(29-49)31-51(81-77-39-43(15-7)23-19-11-3)33-47(53)35-55-59(67)63(71)57(64(72)60(55)68)58-65(73)61(69)56(62(70)66(58)74)36-48-34-52(82-78-40-44(16-8)24-20-12-4)32-46-30-50(26-28-54(46)48)80-76-38-42(14-6)22-18-10-2/h25-31,33-34,41-44,52H,9-24,32,35-40H2,1-8H3. The second-order valence-corrected chi connectivity index (χ2v) is 25.6. The first kappa shape index (κ1) is 67.9. The monoisotopic (exact) mass is 1220 g/mol. The average molecular weight is 1220 g/mol. The molecule has 6 rings (SSSR count). The van der Waals surface area contributed by atoms with Gasteiger partial charge in [-0.2, -0.15) is 0 Å². The fourth-order valence-corrected chi connectivity index (χ4v) is 13.5. The maximum absolute atomic E-state index is 16.5. The SMILES string of the molecule is CCCCC(CC)COSc1ccc2c(c1)CC(SOCC(CC)CCCC)C=C2Cc1c(F)c(F)c(-c2c(F)c(F)c(Cc3cc(SOCC(CC)CCCC)cc4cc(SOCC(CC)CCCC)ccc34)c(F)c2F)c(F)c1F. The number of rotatable bonds is 37. The van der Waals surface area contributed by atoms with E-state index in [0.717, 1.165) is 130 Å². The number of fused-ring (bicyclic) bond motifs is 2. The Hall–Kier alpha value is -3.22. The van der Waals surface area contributed by atoms with Gasteiger partial charge in [-0.15, -0.1) is 0 Å². The van der Waals surface area contributed by atoms with E-state index in [4.69, 9.17) is 16.7 Å². The van der Waals surface area contributed by atoms with Crippen LogP contribution in [0, 0.1) is 70.2 Å². The molecule has 452 valence electrons. The van der Waals surface area contributed by atoms with Gasteiger partial charge in [0.25, 0.3) is 0 Å². The molecule has 0 radical (unpaired) electrons. The number of halogens is 8. The summed E-state index contributed by atoms with van der Waals surface area (Å²) < 4.78 is 156. The molecule has 0 saturated heterocycles. The Morgan fingerprint density at radius 2 is 0.854 bits per heavy atom. The molecule has 4 nitrogen and oxygen atoms in total. The molecular formula is C66H84F8O4S4. The molecule has 0 heterocycles. The molecule has 1 aliphatic rings. The lowest BCUT2D eigenvalue weighted by atomic mass is 9.86. The summed E-state index contributed by atoms with van der Waals surface area (Å²) in [5.41, 5.74) is -3.98. The van der Waals surface area contributed by atoms with Crippen molar-refractivity contribution >= 4 is 64.5 Å². The van der Waals surface area contributed by atoms with Crippen molar-refractivity contribution in [3.05, 3.63) is 129 Å². The molecule has 0 aliphatic heterocycles. The van der Waals surface area contributed by atoms with Crippen LogP contribution in [0.25, 0.3) is 27.5 Å². The second-order valence-electron chi connectivity index (χ2n) is 21.9. The number of allylic oxidation sites excluding steroid dienone is 1. The zero-order chi connectivity index (χ0) is 59.3. The minimum atomic E-state index is -2.21. The summed E-state index contributed by atoms with van der Waals surface area (Å²) in [6.45, 7) is 19.0. The molecule has 5 unspecified atom stereocenters. The smallest absolute Gasteiger partial charge is 0.170 e. The van der Waals surface area contributed by atoms with E-state index in [-0.39, 0.29) is 10.8 Å². The van der Waals surface area contributed by atoms with Gasteiger partial charge in [-0.1, -0.05) is 151 Å². The maximum Gasteiger partial charge on any atom is 0.170 e. The predicted molar refractivity (Wildman–Crippen MR) is 326 cm³/mol. The van der Waals surface area contributed by atoms with E-state index in [1.807, 2.05) is 18.2 Å². The number of benzene rings is 5. The molecule has 5 atom stereocenters. The van der Waals surface area contributed by atoms with E-state index in [0.29, 0.717) is 83.3 Å². The van der Waals surface area contributed by atoms with Crippen LogP contribution in [0.15, 0.2) is 69.3 Å². The minimum Gasteiger partial charge on any atom is -0.314 e. The van der Waals surface area contributed by atoms with Crippen LogP contribution in [0.1, 0.15) is 186 Å². The van der Waals surface area contributed by atoms with Gasteiger partial charge >= 0.3 is 0 Å². The third-order valence-corrected chi connectivity index (χ3v) is 18.9. The van der Waals surface area contributed by atoms with Crippen LogP contribution >= 0.6 is 48.2 Å². The summed E-state index contributed by atoms with van der Waals surface area (Å²) in [4.78, 5) is 2.11. The lowest BCUT2D eigenvalue weighted by Crippen LogP contribution is -2.17. The van der Waals surface area contributed by atoms with Crippen LogP contribution in [-0.4, -0.2) is 31.7 Å². The highest BCUT2D eigenvalue weighted by molar-refractivity contribution is 7.95. The lowest BCUT2D eigenvalue weighted by Gasteiger charge is -2.25. The Bertz CT molecular complexity index is 2800. The summed E-state index contributed by atoms with van der Waals surface area (Å²) in [5, 5.41) is 0.770. The van der Waals surface area contributed by atoms with E-state index in [2.05, 4.69) is 55.4 Å². The molecule has 5 aromatic carbocycles. The molecule has 5 aromatic rings. The van der Waals surface area contributed by atoms with Gasteiger partial charge in [0.05, 0.1) is 42.8 Å². The molecule has 0 amide bonds. The molecule has 0 saturated carbocycles. The highest BCUT2D eigenvalue weighted by Crippen LogP contribution is 2.43. The summed E-state index contributed by atoms with van der Waals surface area (Å²) in [5.74, 6) is -15.2. The van der Waals surface area contributed by atoms with Gasteiger partial charge < -0.3 is 16.7 Å². The van der Waals surface area contributed by atoms with Crippen molar-refractivity contribution in [3.63, 3.8) is 0 Å². The van der Waals surface area contributed by atoms with Crippen molar-refractivity contribution in [3.8, 4) is 11.1 Å². The van der Waals surface area contributed by atoms with Gasteiger partial charge in [0.2, 0.25) is 0 Å². The first-order chi connectivity index (χ1) is 39.6. The number of hydrogen-bond donors (Lipinski definition) is 0. The summed E-state index contributed by atoms with van der Waals surface area (Å²) in [6.07, 6.45) is 17.3. The highest BCUT2D eigenvalue weighted by atomic mass is 32.2. The minimum absolute atomic E-state index is 0.266. The first-order valence-electron chi connectivity index (χ1n) is 29.9. The van der Waals surface area contributed by atoms with Gasteiger partial charge in [-0.05, 0) is 137 Å². The fourth-order valence-electron chi connectivity index (χ4n) is 10.4. The van der Waals surface area contributed by atoms with Crippen molar-refractivity contribution in [2.45, 2.75) is 197 Å². The van der Waals surface area contributed by atoms with Gasteiger partial charge in [0.1, 0.15) is 0 Å². The van der Waals surface area contributed by atoms with E-state index in [1.165, 1.54) is 36.1 Å². The number of unbranched alkanes of at least 4 members (excludes halogenated alkanes) is 4. The average Bonchev–Trinajstić information content (AvgIpc) is 3.03. The zero-order valence-corrected chi connectivity index (χ0v) is 52.4. The predicted octanol–water partition coefficient (Wildman–Crippen LogP) is 22.4. The topological polar surface area (TPSA) is 36.9 Å². The van der Waals surface area contributed by atoms with Gasteiger partial charge in [-0.3, -0.25) is 0 Å². The molecule has 0 spiro atoms. The first-order valence-corrected chi connectivity index (χ1v) is 32.9. The van der Waals surface area contributed by atoms with Crippen molar-refractivity contribution in [2.24, 2.45) is 23.7 Å². The summed E-state index contributed by atoms with van der Waals surface area (Å²) >= 11 is 4.72. The van der Waals surface area contributed by atoms with Gasteiger partial charge in [0.15, 0.2) is 46.5 Å². The Balaban J connectivity index is 1.32. The van der Waals surface area contributed by atoms with Gasteiger partial charge in [-0.25, -0.2) is 35.1 Å². The Labute approximate surface area is 501 Å².